The van der Waals surface area contributed by atoms with Crippen molar-refractivity contribution in [3.63, 3.8) is 0 Å². The lowest BCUT2D eigenvalue weighted by Gasteiger charge is -2.32. The van der Waals surface area contributed by atoms with Gasteiger partial charge in [-0.1, -0.05) is 30.3 Å². The van der Waals surface area contributed by atoms with E-state index in [4.69, 9.17) is 9.47 Å². The monoisotopic (exact) mass is 354 g/mol. The van der Waals surface area contributed by atoms with Crippen molar-refractivity contribution in [2.75, 3.05) is 49.7 Å². The first-order chi connectivity index (χ1) is 12.9. The van der Waals surface area contributed by atoms with E-state index in [9.17, 15) is 0 Å². The fraction of sp³-hybridized carbons (Fsp3) is 0.500. The van der Waals surface area contributed by atoms with Crippen LogP contribution < -0.4 is 10.2 Å². The molecule has 0 aliphatic carbocycles. The Morgan fingerprint density at radius 1 is 1.08 bits per heavy atom. The summed E-state index contributed by atoms with van der Waals surface area (Å²) in [6, 6.07) is 12.6. The molecular formula is C20H26N4O2. The number of hydrogen-bond donors (Lipinski definition) is 1. The zero-order valence-electron chi connectivity index (χ0n) is 15.0. The van der Waals surface area contributed by atoms with Gasteiger partial charge < -0.3 is 19.7 Å². The summed E-state index contributed by atoms with van der Waals surface area (Å²) in [6.45, 7) is 4.95. The van der Waals surface area contributed by atoms with E-state index >= 15 is 0 Å². The van der Waals surface area contributed by atoms with E-state index in [1.165, 1.54) is 5.56 Å². The number of nitrogens with zero attached hydrogens (tertiary/aromatic N) is 3. The fourth-order valence-electron chi connectivity index (χ4n) is 3.71. The van der Waals surface area contributed by atoms with Crippen molar-refractivity contribution in [1.82, 2.24) is 9.97 Å². The molecule has 1 N–H and O–H groups in total. The van der Waals surface area contributed by atoms with Crippen LogP contribution in [0.2, 0.25) is 0 Å². The number of aromatic nitrogens is 2. The van der Waals surface area contributed by atoms with Crippen molar-refractivity contribution in [3.05, 3.63) is 48.3 Å². The molecule has 6 heteroatoms. The molecule has 2 aliphatic rings. The van der Waals surface area contributed by atoms with Crippen LogP contribution in [-0.4, -0.2) is 49.4 Å². The highest BCUT2D eigenvalue weighted by molar-refractivity contribution is 5.48. The molecule has 0 amide bonds. The third-order valence-electron chi connectivity index (χ3n) is 5.11. The highest BCUT2D eigenvalue weighted by Crippen LogP contribution is 2.33. The van der Waals surface area contributed by atoms with Gasteiger partial charge in [-0.25, -0.2) is 9.97 Å². The minimum atomic E-state index is 0.151. The van der Waals surface area contributed by atoms with Crippen LogP contribution >= 0.6 is 0 Å². The molecule has 3 heterocycles. The molecule has 2 unspecified atom stereocenters. The van der Waals surface area contributed by atoms with Crippen LogP contribution in [0, 0.1) is 5.92 Å². The summed E-state index contributed by atoms with van der Waals surface area (Å²) in [7, 11) is 0. The number of nitrogens with one attached hydrogen (secondary N) is 1. The van der Waals surface area contributed by atoms with E-state index in [1.807, 2.05) is 12.1 Å². The van der Waals surface area contributed by atoms with Gasteiger partial charge in [-0.15, -0.1) is 0 Å². The van der Waals surface area contributed by atoms with Crippen LogP contribution in [0.3, 0.4) is 0 Å². The van der Waals surface area contributed by atoms with Gasteiger partial charge in [-0.2, -0.15) is 0 Å². The number of ether oxygens (including phenoxy) is 2. The molecule has 2 fully saturated rings. The van der Waals surface area contributed by atoms with Crippen molar-refractivity contribution in [3.8, 4) is 0 Å². The van der Waals surface area contributed by atoms with Gasteiger partial charge in [0.15, 0.2) is 0 Å². The van der Waals surface area contributed by atoms with E-state index in [2.05, 4.69) is 44.5 Å². The first-order valence-electron chi connectivity index (χ1n) is 9.45. The summed E-state index contributed by atoms with van der Waals surface area (Å²) in [5.41, 5.74) is 1.26. The van der Waals surface area contributed by atoms with Crippen molar-refractivity contribution in [2.45, 2.75) is 18.9 Å². The van der Waals surface area contributed by atoms with Gasteiger partial charge in [0.1, 0.15) is 18.0 Å². The Hall–Kier alpha value is -2.18. The quantitative estimate of drug-likeness (QED) is 0.891. The molecule has 0 radical (unpaired) electrons. The van der Waals surface area contributed by atoms with Crippen molar-refractivity contribution < 1.29 is 9.47 Å². The summed E-state index contributed by atoms with van der Waals surface area (Å²) >= 11 is 0. The largest absolute Gasteiger partial charge is 0.378 e. The molecule has 2 saturated heterocycles. The third kappa shape index (κ3) is 4.14. The standard InChI is InChI=1S/C20H26N4O2/c1-2-5-16(6-3-1)20-17(7-4-10-26-20)14-21-18-13-19(23-15-22-18)24-8-11-25-12-9-24/h1-3,5-6,13,15,17,20H,4,7-12,14H2,(H,21,22,23). The van der Waals surface area contributed by atoms with Crippen LogP contribution in [0.5, 0.6) is 0 Å². The lowest BCUT2D eigenvalue weighted by Crippen LogP contribution is -2.36. The maximum Gasteiger partial charge on any atom is 0.134 e. The van der Waals surface area contributed by atoms with Gasteiger partial charge in [0.2, 0.25) is 0 Å². The van der Waals surface area contributed by atoms with Gasteiger partial charge in [0, 0.05) is 38.2 Å². The number of anilines is 2. The second-order valence-electron chi connectivity index (χ2n) is 6.85. The Morgan fingerprint density at radius 2 is 1.92 bits per heavy atom. The Labute approximate surface area is 154 Å². The molecule has 1 aromatic carbocycles. The first-order valence-corrected chi connectivity index (χ1v) is 9.45. The van der Waals surface area contributed by atoms with Crippen LogP contribution in [0.1, 0.15) is 24.5 Å². The van der Waals surface area contributed by atoms with E-state index in [0.717, 1.165) is 63.9 Å². The zero-order chi connectivity index (χ0) is 17.6. The molecule has 6 nitrogen and oxygen atoms in total. The number of benzene rings is 1. The Bertz CT molecular complexity index is 691. The van der Waals surface area contributed by atoms with Gasteiger partial charge >= 0.3 is 0 Å². The van der Waals surface area contributed by atoms with E-state index in [1.54, 1.807) is 6.33 Å². The predicted octanol–water partition coefficient (Wildman–Crippen LogP) is 2.89. The normalized spacial score (nSPS) is 23.6. The molecule has 0 spiro atoms. The maximum absolute atomic E-state index is 6.09. The summed E-state index contributed by atoms with van der Waals surface area (Å²) in [6.07, 6.45) is 4.06. The van der Waals surface area contributed by atoms with Crippen LogP contribution in [0.25, 0.3) is 0 Å². The lowest BCUT2D eigenvalue weighted by atomic mass is 9.89. The molecule has 2 atom stereocenters. The summed E-state index contributed by atoms with van der Waals surface area (Å²) in [5, 5.41) is 3.50. The van der Waals surface area contributed by atoms with Gasteiger partial charge in [-0.3, -0.25) is 0 Å². The number of hydrogen-bond acceptors (Lipinski definition) is 6. The van der Waals surface area contributed by atoms with Crippen molar-refractivity contribution in [2.24, 2.45) is 5.92 Å². The highest BCUT2D eigenvalue weighted by Gasteiger charge is 2.27. The maximum atomic E-state index is 6.09. The molecule has 0 bridgehead atoms. The number of morpholine rings is 1. The second-order valence-corrected chi connectivity index (χ2v) is 6.85. The minimum absolute atomic E-state index is 0.151. The molecular weight excluding hydrogens is 328 g/mol. The van der Waals surface area contributed by atoms with Gasteiger partial charge in [0.05, 0.1) is 19.3 Å². The Kier molecular flexibility index (Phi) is 5.62. The van der Waals surface area contributed by atoms with Crippen LogP contribution in [0.15, 0.2) is 42.7 Å². The average Bonchev–Trinajstić information content (AvgIpc) is 2.74. The topological polar surface area (TPSA) is 59.5 Å². The van der Waals surface area contributed by atoms with E-state index < -0.39 is 0 Å². The van der Waals surface area contributed by atoms with Crippen LogP contribution in [0.4, 0.5) is 11.6 Å². The summed E-state index contributed by atoms with van der Waals surface area (Å²) in [4.78, 5) is 11.1. The Morgan fingerprint density at radius 3 is 2.77 bits per heavy atom. The van der Waals surface area contributed by atoms with Gasteiger partial charge in [-0.05, 0) is 18.4 Å². The van der Waals surface area contributed by atoms with Crippen LogP contribution in [-0.2, 0) is 9.47 Å². The minimum Gasteiger partial charge on any atom is -0.378 e. The summed E-state index contributed by atoms with van der Waals surface area (Å²) in [5.74, 6) is 2.28. The molecule has 4 rings (SSSR count). The van der Waals surface area contributed by atoms with Crippen molar-refractivity contribution in [1.29, 1.82) is 0 Å². The molecule has 0 saturated carbocycles. The fourth-order valence-corrected chi connectivity index (χ4v) is 3.71. The van der Waals surface area contributed by atoms with E-state index in [0.29, 0.717) is 5.92 Å². The summed E-state index contributed by atoms with van der Waals surface area (Å²) < 4.78 is 11.5. The van der Waals surface area contributed by atoms with E-state index in [-0.39, 0.29) is 6.10 Å². The number of rotatable bonds is 5. The molecule has 2 aromatic rings. The third-order valence-corrected chi connectivity index (χ3v) is 5.11. The lowest BCUT2D eigenvalue weighted by molar-refractivity contribution is -0.0238. The highest BCUT2D eigenvalue weighted by atomic mass is 16.5. The zero-order valence-corrected chi connectivity index (χ0v) is 15.0. The molecule has 2 aliphatic heterocycles. The van der Waals surface area contributed by atoms with Gasteiger partial charge in [0.25, 0.3) is 0 Å². The second kappa shape index (κ2) is 8.47. The SMILES string of the molecule is c1ccc(C2OCCCC2CNc2cc(N3CCOCC3)ncn2)cc1. The predicted molar refractivity (Wildman–Crippen MR) is 101 cm³/mol. The molecule has 1 aromatic heterocycles. The smallest absolute Gasteiger partial charge is 0.134 e. The molecule has 138 valence electrons. The first kappa shape index (κ1) is 17.2. The van der Waals surface area contributed by atoms with Crippen molar-refractivity contribution >= 4 is 11.6 Å². The average molecular weight is 354 g/mol. The Balaban J connectivity index is 1.41. The molecule has 26 heavy (non-hydrogen) atoms.